The second-order valence-corrected chi connectivity index (χ2v) is 7.41. The molecule has 0 saturated carbocycles. The van der Waals surface area contributed by atoms with E-state index in [-0.39, 0.29) is 6.61 Å². The molecule has 2 aromatic rings. The molecule has 1 fully saturated rings. The van der Waals surface area contributed by atoms with Crippen LogP contribution in [-0.4, -0.2) is 74.2 Å². The fraction of sp³-hybridized carbons (Fsp3) is 0.455. The predicted octanol–water partition coefficient (Wildman–Crippen LogP) is 1.98. The maximum absolute atomic E-state index is 10.3. The van der Waals surface area contributed by atoms with Gasteiger partial charge in [-0.05, 0) is 29.8 Å². The van der Waals surface area contributed by atoms with Crippen molar-refractivity contribution in [1.29, 1.82) is 0 Å². The van der Waals surface area contributed by atoms with Gasteiger partial charge in [-0.25, -0.2) is 0 Å². The summed E-state index contributed by atoms with van der Waals surface area (Å²) in [7, 11) is 1.63. The molecule has 0 aliphatic carbocycles. The lowest BCUT2D eigenvalue weighted by Crippen LogP contribution is -2.48. The number of ether oxygens (including phenoxy) is 4. The molecule has 4 rings (SSSR count). The molecule has 0 spiro atoms. The Morgan fingerprint density at radius 3 is 2.55 bits per heavy atom. The topological polar surface area (TPSA) is 63.6 Å². The zero-order valence-corrected chi connectivity index (χ0v) is 16.8. The molecule has 0 radical (unpaired) electrons. The van der Waals surface area contributed by atoms with E-state index >= 15 is 0 Å². The van der Waals surface area contributed by atoms with Crippen LogP contribution in [0.1, 0.15) is 5.56 Å². The van der Waals surface area contributed by atoms with Crippen LogP contribution in [-0.2, 0) is 6.54 Å². The van der Waals surface area contributed by atoms with Gasteiger partial charge in [-0.1, -0.05) is 12.1 Å². The summed E-state index contributed by atoms with van der Waals surface area (Å²) < 4.78 is 21.7. The molecule has 7 nitrogen and oxygen atoms in total. The molecule has 29 heavy (non-hydrogen) atoms. The van der Waals surface area contributed by atoms with Crippen molar-refractivity contribution in [2.24, 2.45) is 0 Å². The maximum Gasteiger partial charge on any atom is 0.231 e. The smallest absolute Gasteiger partial charge is 0.231 e. The number of piperazine rings is 1. The normalized spacial score (nSPS) is 17.9. The maximum atomic E-state index is 10.3. The highest BCUT2D eigenvalue weighted by Crippen LogP contribution is 2.32. The molecule has 156 valence electrons. The van der Waals surface area contributed by atoms with Crippen molar-refractivity contribution >= 4 is 0 Å². The molecule has 2 aromatic carbocycles. The van der Waals surface area contributed by atoms with Gasteiger partial charge in [0.05, 0.1) is 7.11 Å². The van der Waals surface area contributed by atoms with Gasteiger partial charge < -0.3 is 24.1 Å². The van der Waals surface area contributed by atoms with Crippen molar-refractivity contribution in [3.8, 4) is 23.0 Å². The third-order valence-corrected chi connectivity index (χ3v) is 5.26. The van der Waals surface area contributed by atoms with Crippen molar-refractivity contribution < 1.29 is 24.1 Å². The molecule has 0 amide bonds. The van der Waals surface area contributed by atoms with Crippen molar-refractivity contribution in [2.45, 2.75) is 12.6 Å². The minimum atomic E-state index is -0.526. The van der Waals surface area contributed by atoms with Gasteiger partial charge in [0.1, 0.15) is 24.2 Å². The number of hydrogen-bond acceptors (Lipinski definition) is 7. The van der Waals surface area contributed by atoms with E-state index in [0.717, 1.165) is 50.0 Å². The summed E-state index contributed by atoms with van der Waals surface area (Å²) in [5.41, 5.74) is 1.23. The fourth-order valence-electron chi connectivity index (χ4n) is 3.66. The van der Waals surface area contributed by atoms with Gasteiger partial charge in [-0.3, -0.25) is 9.80 Å². The highest BCUT2D eigenvalue weighted by molar-refractivity contribution is 5.44. The van der Waals surface area contributed by atoms with E-state index in [1.165, 1.54) is 5.56 Å². The molecule has 0 aromatic heterocycles. The van der Waals surface area contributed by atoms with Gasteiger partial charge in [0.15, 0.2) is 11.5 Å². The number of aliphatic hydroxyl groups is 1. The Labute approximate surface area is 171 Å². The second-order valence-electron chi connectivity index (χ2n) is 7.41. The molecule has 2 aliphatic heterocycles. The summed E-state index contributed by atoms with van der Waals surface area (Å²) in [4.78, 5) is 4.71. The third kappa shape index (κ3) is 5.32. The SMILES string of the molecule is COc1cccc(OC[C@@H](O)CN2CCN(Cc3ccc4c(c3)OCO4)CC2)c1. The standard InChI is InChI=1S/C22H28N2O5/c1-26-19-3-2-4-20(12-19)27-15-18(25)14-24-9-7-23(8-10-24)13-17-5-6-21-22(11-17)29-16-28-21/h2-6,11-12,18,25H,7-10,13-16H2,1H3/t18-/m0/s1. The zero-order chi connectivity index (χ0) is 20.1. The number of hydrogen-bond donors (Lipinski definition) is 1. The number of benzene rings is 2. The van der Waals surface area contributed by atoms with Crippen LogP contribution in [0.4, 0.5) is 0 Å². The molecule has 0 unspecified atom stereocenters. The molecule has 2 heterocycles. The van der Waals surface area contributed by atoms with E-state index in [9.17, 15) is 5.11 Å². The van der Waals surface area contributed by atoms with Gasteiger partial charge in [-0.2, -0.15) is 0 Å². The first-order chi connectivity index (χ1) is 14.2. The fourth-order valence-corrected chi connectivity index (χ4v) is 3.66. The lowest BCUT2D eigenvalue weighted by atomic mass is 10.1. The summed E-state index contributed by atoms with van der Waals surface area (Å²) in [6.45, 7) is 5.89. The molecular formula is C22H28N2O5. The Morgan fingerprint density at radius 2 is 1.72 bits per heavy atom. The Hall–Kier alpha value is -2.48. The lowest BCUT2D eigenvalue weighted by molar-refractivity contribution is 0.0445. The second kappa shape index (κ2) is 9.35. The van der Waals surface area contributed by atoms with Crippen LogP contribution in [0.3, 0.4) is 0 Å². The van der Waals surface area contributed by atoms with Gasteiger partial charge in [0.25, 0.3) is 0 Å². The van der Waals surface area contributed by atoms with E-state index in [2.05, 4.69) is 21.9 Å². The summed E-state index contributed by atoms with van der Waals surface area (Å²) in [5.74, 6) is 3.11. The number of aliphatic hydroxyl groups excluding tert-OH is 1. The van der Waals surface area contributed by atoms with Crippen LogP contribution in [0.5, 0.6) is 23.0 Å². The average Bonchev–Trinajstić information content (AvgIpc) is 3.22. The summed E-state index contributed by atoms with van der Waals surface area (Å²) >= 11 is 0. The monoisotopic (exact) mass is 400 g/mol. The van der Waals surface area contributed by atoms with Crippen molar-refractivity contribution in [3.63, 3.8) is 0 Å². The van der Waals surface area contributed by atoms with Crippen LogP contribution in [0, 0.1) is 0 Å². The summed E-state index contributed by atoms with van der Waals surface area (Å²) in [6, 6.07) is 13.6. The minimum Gasteiger partial charge on any atom is -0.497 e. The molecule has 7 heteroatoms. The van der Waals surface area contributed by atoms with Crippen molar-refractivity contribution in [2.75, 3.05) is 53.2 Å². The van der Waals surface area contributed by atoms with Crippen LogP contribution < -0.4 is 18.9 Å². The van der Waals surface area contributed by atoms with Crippen molar-refractivity contribution in [1.82, 2.24) is 9.80 Å². The van der Waals surface area contributed by atoms with Crippen molar-refractivity contribution in [3.05, 3.63) is 48.0 Å². The van der Waals surface area contributed by atoms with Crippen LogP contribution in [0.2, 0.25) is 0 Å². The first-order valence-corrected chi connectivity index (χ1v) is 9.98. The third-order valence-electron chi connectivity index (χ3n) is 5.26. The Bertz CT molecular complexity index is 808. The minimum absolute atomic E-state index is 0.268. The van der Waals surface area contributed by atoms with E-state index in [1.807, 2.05) is 30.3 Å². The molecule has 1 atom stereocenters. The highest BCUT2D eigenvalue weighted by Gasteiger charge is 2.21. The van der Waals surface area contributed by atoms with Crippen LogP contribution in [0.15, 0.2) is 42.5 Å². The quantitative estimate of drug-likeness (QED) is 0.727. The number of nitrogens with zero attached hydrogens (tertiary/aromatic N) is 2. The van der Waals surface area contributed by atoms with Gasteiger partial charge in [0, 0.05) is 45.3 Å². The first-order valence-electron chi connectivity index (χ1n) is 9.98. The van der Waals surface area contributed by atoms with E-state index in [4.69, 9.17) is 18.9 Å². The van der Waals surface area contributed by atoms with E-state index in [0.29, 0.717) is 19.1 Å². The molecular weight excluding hydrogens is 372 g/mol. The predicted molar refractivity (Wildman–Crippen MR) is 109 cm³/mol. The summed E-state index contributed by atoms with van der Waals surface area (Å²) in [6.07, 6.45) is -0.526. The Kier molecular flexibility index (Phi) is 6.39. The van der Waals surface area contributed by atoms with Gasteiger partial charge in [0.2, 0.25) is 6.79 Å². The van der Waals surface area contributed by atoms with Gasteiger partial charge >= 0.3 is 0 Å². The lowest BCUT2D eigenvalue weighted by Gasteiger charge is -2.35. The number of β-amino-alcohol motifs (C(OH)–C–C–N with tert-alkyl or cyclic N) is 1. The average molecular weight is 400 g/mol. The molecule has 1 N–H and O–H groups in total. The van der Waals surface area contributed by atoms with Crippen LogP contribution in [0.25, 0.3) is 0 Å². The Morgan fingerprint density at radius 1 is 0.966 bits per heavy atom. The summed E-state index contributed by atoms with van der Waals surface area (Å²) in [5, 5.41) is 10.3. The number of methoxy groups -OCH3 is 1. The number of fused-ring (bicyclic) bond motifs is 1. The van der Waals surface area contributed by atoms with E-state index in [1.54, 1.807) is 7.11 Å². The number of rotatable bonds is 8. The first kappa shape index (κ1) is 19.8. The van der Waals surface area contributed by atoms with Crippen LogP contribution >= 0.6 is 0 Å². The van der Waals surface area contributed by atoms with Gasteiger partial charge in [-0.15, -0.1) is 0 Å². The zero-order valence-electron chi connectivity index (χ0n) is 16.8. The Balaban J connectivity index is 1.18. The molecule has 1 saturated heterocycles. The molecule has 0 bridgehead atoms. The largest absolute Gasteiger partial charge is 0.497 e. The van der Waals surface area contributed by atoms with E-state index < -0.39 is 6.10 Å². The molecule has 2 aliphatic rings. The highest BCUT2D eigenvalue weighted by atomic mass is 16.7.